The molecule has 23 heavy (non-hydrogen) atoms. The van der Waals surface area contributed by atoms with E-state index in [0.29, 0.717) is 24.8 Å². The Morgan fingerprint density at radius 2 is 2.04 bits per heavy atom. The minimum atomic E-state index is -0.622. The lowest BCUT2D eigenvalue weighted by Gasteiger charge is -2.23. The number of rotatable bonds is 6. The first-order valence-corrected chi connectivity index (χ1v) is 8.42. The molecule has 0 aliphatic rings. The molecule has 0 saturated heterocycles. The summed E-state index contributed by atoms with van der Waals surface area (Å²) < 4.78 is 5.20. The molecule has 0 spiro atoms. The number of ether oxygens (including phenoxy) is 1. The molecule has 8 heteroatoms. The Bertz CT molecular complexity index is 477. The van der Waals surface area contributed by atoms with Crippen LogP contribution in [0.1, 0.15) is 39.9 Å². The largest absolute Gasteiger partial charge is 0.453 e. The van der Waals surface area contributed by atoms with Crippen LogP contribution in [0.15, 0.2) is 10.8 Å². The van der Waals surface area contributed by atoms with Gasteiger partial charge in [-0.15, -0.1) is 0 Å². The van der Waals surface area contributed by atoms with Gasteiger partial charge in [-0.05, 0) is 21.8 Å². The number of alkyl carbamates (subject to hydrolysis) is 1. The number of methoxy groups -OCH3 is 1. The molecule has 0 bridgehead atoms. The van der Waals surface area contributed by atoms with Crippen molar-refractivity contribution in [2.45, 2.75) is 40.7 Å². The molecule has 0 aliphatic heterocycles. The summed E-state index contributed by atoms with van der Waals surface area (Å²) in [7, 11) is 1.26. The van der Waals surface area contributed by atoms with Crippen molar-refractivity contribution in [2.75, 3.05) is 20.2 Å². The van der Waals surface area contributed by atoms with Crippen LogP contribution in [0.2, 0.25) is 0 Å². The van der Waals surface area contributed by atoms with Gasteiger partial charge in [-0.25, -0.2) is 9.78 Å². The number of H-pyrrole nitrogens is 1. The van der Waals surface area contributed by atoms with Gasteiger partial charge in [0.2, 0.25) is 5.91 Å². The SMILES string of the molecule is CCC.COC(=O)NCC(=O)N(Cc1ncc(Br)[nH]1)CC(C)C. The van der Waals surface area contributed by atoms with Crippen LogP contribution >= 0.6 is 15.9 Å². The van der Waals surface area contributed by atoms with Crippen molar-refractivity contribution in [1.82, 2.24) is 20.2 Å². The van der Waals surface area contributed by atoms with Crippen LogP contribution in [0.4, 0.5) is 4.79 Å². The summed E-state index contributed by atoms with van der Waals surface area (Å²) in [6.45, 7) is 9.14. The van der Waals surface area contributed by atoms with Gasteiger partial charge in [0.25, 0.3) is 0 Å². The first-order chi connectivity index (χ1) is 10.8. The number of halogens is 1. The fourth-order valence-corrected chi connectivity index (χ4v) is 1.96. The third kappa shape index (κ3) is 9.93. The van der Waals surface area contributed by atoms with Gasteiger partial charge in [-0.1, -0.05) is 34.1 Å². The highest BCUT2D eigenvalue weighted by atomic mass is 79.9. The lowest BCUT2D eigenvalue weighted by atomic mass is 10.2. The number of amides is 2. The van der Waals surface area contributed by atoms with Gasteiger partial charge in [0.1, 0.15) is 17.0 Å². The number of aromatic amines is 1. The molecule has 0 unspecified atom stereocenters. The molecule has 0 atom stereocenters. The minimum absolute atomic E-state index is 0.0960. The molecular weight excluding hydrogens is 364 g/mol. The van der Waals surface area contributed by atoms with E-state index in [-0.39, 0.29) is 12.5 Å². The Labute approximate surface area is 146 Å². The van der Waals surface area contributed by atoms with Crippen molar-refractivity contribution >= 4 is 27.9 Å². The Kier molecular flexibility index (Phi) is 11.1. The van der Waals surface area contributed by atoms with Crippen molar-refractivity contribution < 1.29 is 14.3 Å². The molecule has 0 saturated carbocycles. The first-order valence-electron chi connectivity index (χ1n) is 7.62. The lowest BCUT2D eigenvalue weighted by Crippen LogP contribution is -2.41. The predicted octanol–water partition coefficient (Wildman–Crippen LogP) is 2.93. The van der Waals surface area contributed by atoms with Crippen LogP contribution in [-0.2, 0) is 16.1 Å². The molecule has 2 N–H and O–H groups in total. The highest BCUT2D eigenvalue weighted by Crippen LogP contribution is 2.09. The van der Waals surface area contributed by atoms with Crippen molar-refractivity contribution in [3.05, 3.63) is 16.6 Å². The summed E-state index contributed by atoms with van der Waals surface area (Å²) in [6.07, 6.45) is 2.27. The Morgan fingerprint density at radius 1 is 1.43 bits per heavy atom. The third-order valence-corrected chi connectivity index (χ3v) is 2.85. The van der Waals surface area contributed by atoms with Crippen LogP contribution < -0.4 is 5.32 Å². The molecule has 2 amide bonds. The van der Waals surface area contributed by atoms with Crippen molar-refractivity contribution in [3.63, 3.8) is 0 Å². The van der Waals surface area contributed by atoms with E-state index in [9.17, 15) is 9.59 Å². The predicted molar refractivity (Wildman–Crippen MR) is 92.9 cm³/mol. The second-order valence-electron chi connectivity index (χ2n) is 5.40. The van der Waals surface area contributed by atoms with E-state index in [1.807, 2.05) is 13.8 Å². The van der Waals surface area contributed by atoms with Crippen molar-refractivity contribution in [2.24, 2.45) is 5.92 Å². The summed E-state index contributed by atoms with van der Waals surface area (Å²) >= 11 is 3.27. The molecule has 0 fully saturated rings. The van der Waals surface area contributed by atoms with E-state index < -0.39 is 6.09 Å². The average Bonchev–Trinajstić information content (AvgIpc) is 2.89. The molecule has 0 radical (unpaired) electrons. The van der Waals surface area contributed by atoms with Gasteiger partial charge in [0.15, 0.2) is 0 Å². The fraction of sp³-hybridized carbons (Fsp3) is 0.667. The second-order valence-corrected chi connectivity index (χ2v) is 6.25. The molecule has 1 heterocycles. The number of hydrogen-bond acceptors (Lipinski definition) is 4. The van der Waals surface area contributed by atoms with E-state index in [2.05, 4.69) is 49.8 Å². The Hall–Kier alpha value is -1.57. The highest BCUT2D eigenvalue weighted by Gasteiger charge is 2.17. The summed E-state index contributed by atoms with van der Waals surface area (Å²) in [5.74, 6) is 0.816. The fourth-order valence-electron chi connectivity index (χ4n) is 1.63. The molecule has 0 aliphatic carbocycles. The normalized spacial score (nSPS) is 9.87. The average molecular weight is 391 g/mol. The molecular formula is C15H27BrN4O3. The molecule has 1 rings (SSSR count). The Balaban J connectivity index is 0.00000149. The topological polar surface area (TPSA) is 87.3 Å². The van der Waals surface area contributed by atoms with Crippen LogP contribution in [-0.4, -0.2) is 47.1 Å². The zero-order chi connectivity index (χ0) is 17.8. The van der Waals surface area contributed by atoms with Crippen LogP contribution in [0.5, 0.6) is 0 Å². The van der Waals surface area contributed by atoms with E-state index >= 15 is 0 Å². The van der Waals surface area contributed by atoms with E-state index in [1.165, 1.54) is 13.5 Å². The summed E-state index contributed by atoms with van der Waals surface area (Å²) in [5.41, 5.74) is 0. The number of carbonyl (C=O) groups is 2. The van der Waals surface area contributed by atoms with Crippen LogP contribution in [0, 0.1) is 5.92 Å². The van der Waals surface area contributed by atoms with E-state index in [1.54, 1.807) is 11.1 Å². The molecule has 0 aromatic carbocycles. The molecule has 1 aromatic heterocycles. The first kappa shape index (κ1) is 21.4. The zero-order valence-electron chi connectivity index (χ0n) is 14.5. The smallest absolute Gasteiger partial charge is 0.407 e. The molecule has 1 aromatic rings. The maximum absolute atomic E-state index is 12.1. The Morgan fingerprint density at radius 3 is 2.48 bits per heavy atom. The van der Waals surface area contributed by atoms with Crippen molar-refractivity contribution in [3.8, 4) is 0 Å². The number of carbonyl (C=O) groups excluding carboxylic acids is 2. The molecule has 132 valence electrons. The maximum Gasteiger partial charge on any atom is 0.407 e. The van der Waals surface area contributed by atoms with E-state index in [4.69, 9.17) is 0 Å². The summed E-state index contributed by atoms with van der Waals surface area (Å²) in [4.78, 5) is 31.9. The maximum atomic E-state index is 12.1. The monoisotopic (exact) mass is 390 g/mol. The van der Waals surface area contributed by atoms with Gasteiger partial charge in [0.05, 0.1) is 19.9 Å². The highest BCUT2D eigenvalue weighted by molar-refractivity contribution is 9.10. The second kappa shape index (κ2) is 11.9. The lowest BCUT2D eigenvalue weighted by molar-refractivity contribution is -0.131. The molecule has 7 nitrogen and oxygen atoms in total. The van der Waals surface area contributed by atoms with E-state index in [0.717, 1.165) is 4.60 Å². The van der Waals surface area contributed by atoms with Gasteiger partial charge in [-0.3, -0.25) is 4.79 Å². The number of hydrogen-bond donors (Lipinski definition) is 2. The number of imidazole rings is 1. The van der Waals surface area contributed by atoms with Crippen molar-refractivity contribution in [1.29, 1.82) is 0 Å². The summed E-state index contributed by atoms with van der Waals surface area (Å²) in [6, 6.07) is 0. The third-order valence-electron chi connectivity index (χ3n) is 2.45. The van der Waals surface area contributed by atoms with Gasteiger partial charge in [0, 0.05) is 6.54 Å². The summed E-state index contributed by atoms with van der Waals surface area (Å²) in [5, 5.41) is 2.38. The number of nitrogens with zero attached hydrogens (tertiary/aromatic N) is 2. The number of nitrogens with one attached hydrogen (secondary N) is 2. The standard InChI is InChI=1S/C12H19BrN4O3.C3H8/c1-8(2)6-17(7-10-14-4-9(13)16-10)11(18)5-15-12(19)20-3;1-3-2/h4,8H,5-7H2,1-3H3,(H,14,16)(H,15,19);3H2,1-2H3. The van der Waals surface area contributed by atoms with Gasteiger partial charge >= 0.3 is 6.09 Å². The number of aromatic nitrogens is 2. The van der Waals surface area contributed by atoms with Gasteiger partial charge in [-0.2, -0.15) is 0 Å². The van der Waals surface area contributed by atoms with Crippen LogP contribution in [0.3, 0.4) is 0 Å². The van der Waals surface area contributed by atoms with Crippen LogP contribution in [0.25, 0.3) is 0 Å². The van der Waals surface area contributed by atoms with Gasteiger partial charge < -0.3 is 19.9 Å². The minimum Gasteiger partial charge on any atom is -0.453 e. The quantitative estimate of drug-likeness (QED) is 0.781. The zero-order valence-corrected chi connectivity index (χ0v) is 16.1.